The van der Waals surface area contributed by atoms with E-state index in [1.165, 1.54) is 11.2 Å². The number of hydrogen-bond acceptors (Lipinski definition) is 4. The van der Waals surface area contributed by atoms with Gasteiger partial charge in [0, 0.05) is 40.3 Å². The minimum Gasteiger partial charge on any atom is -0.337 e. The van der Waals surface area contributed by atoms with Crippen molar-refractivity contribution in [1.29, 1.82) is 0 Å². The highest BCUT2D eigenvalue weighted by atomic mass is 32.2. The quantitative estimate of drug-likeness (QED) is 0.649. The molecule has 7 nitrogen and oxygen atoms in total. The average Bonchev–Trinajstić information content (AvgIpc) is 2.37. The van der Waals surface area contributed by atoms with E-state index in [2.05, 4.69) is 10.6 Å². The second kappa shape index (κ2) is 7.80. The lowest BCUT2D eigenvalue weighted by Gasteiger charge is -2.31. The fourth-order valence-corrected chi connectivity index (χ4v) is 3.16. The molecule has 1 aliphatic heterocycles. The zero-order valence-corrected chi connectivity index (χ0v) is 13.4. The Morgan fingerprint density at radius 2 is 2.05 bits per heavy atom. The van der Waals surface area contributed by atoms with Crippen molar-refractivity contribution in [2.24, 2.45) is 5.92 Å². The van der Waals surface area contributed by atoms with Crippen molar-refractivity contribution in [1.82, 2.24) is 19.8 Å². The first-order valence-electron chi connectivity index (χ1n) is 6.91. The normalized spacial score (nSPS) is 20.6. The SMILES string of the molecule is CN(C)C(=O)NCCNCC1CCCN(S(C)(=O)=O)C1. The molecule has 0 aromatic heterocycles. The van der Waals surface area contributed by atoms with Crippen LogP contribution in [0.3, 0.4) is 0 Å². The van der Waals surface area contributed by atoms with Gasteiger partial charge < -0.3 is 15.5 Å². The van der Waals surface area contributed by atoms with Crippen molar-refractivity contribution in [3.05, 3.63) is 0 Å². The second-order valence-corrected chi connectivity index (χ2v) is 7.44. The maximum atomic E-state index is 11.5. The largest absolute Gasteiger partial charge is 0.337 e. The second-order valence-electron chi connectivity index (χ2n) is 5.46. The molecule has 1 rings (SSSR count). The zero-order chi connectivity index (χ0) is 15.2. The van der Waals surface area contributed by atoms with Gasteiger partial charge in [-0.1, -0.05) is 0 Å². The summed E-state index contributed by atoms with van der Waals surface area (Å²) in [5.41, 5.74) is 0. The van der Waals surface area contributed by atoms with E-state index >= 15 is 0 Å². The van der Waals surface area contributed by atoms with Gasteiger partial charge in [-0.3, -0.25) is 0 Å². The molecule has 0 aromatic rings. The molecular formula is C12H26N4O3S. The third kappa shape index (κ3) is 6.06. The summed E-state index contributed by atoms with van der Waals surface area (Å²) < 4.78 is 24.6. The molecule has 0 radical (unpaired) electrons. The maximum Gasteiger partial charge on any atom is 0.316 e. The van der Waals surface area contributed by atoms with Crippen molar-refractivity contribution in [3.8, 4) is 0 Å². The lowest BCUT2D eigenvalue weighted by Crippen LogP contribution is -2.43. The van der Waals surface area contributed by atoms with Gasteiger partial charge in [0.1, 0.15) is 0 Å². The van der Waals surface area contributed by atoms with Crippen LogP contribution in [0.5, 0.6) is 0 Å². The van der Waals surface area contributed by atoms with Gasteiger partial charge in [0.25, 0.3) is 0 Å². The first kappa shape index (κ1) is 17.2. The number of nitrogens with one attached hydrogen (secondary N) is 2. The number of carbonyl (C=O) groups is 1. The standard InChI is InChI=1S/C12H26N4O3S/c1-15(2)12(17)14-7-6-13-9-11-5-4-8-16(10-11)20(3,18)19/h11,13H,4-10H2,1-3H3,(H,14,17). The van der Waals surface area contributed by atoms with Crippen molar-refractivity contribution in [2.75, 3.05) is 53.1 Å². The van der Waals surface area contributed by atoms with Crippen LogP contribution >= 0.6 is 0 Å². The number of hydrogen-bond donors (Lipinski definition) is 2. The summed E-state index contributed by atoms with van der Waals surface area (Å²) in [5.74, 6) is 0.350. The Morgan fingerprint density at radius 3 is 2.65 bits per heavy atom. The Balaban J connectivity index is 2.18. The lowest BCUT2D eigenvalue weighted by atomic mass is 10.00. The van der Waals surface area contributed by atoms with E-state index in [-0.39, 0.29) is 6.03 Å². The highest BCUT2D eigenvalue weighted by molar-refractivity contribution is 7.88. The van der Waals surface area contributed by atoms with Crippen LogP contribution < -0.4 is 10.6 Å². The van der Waals surface area contributed by atoms with Crippen LogP contribution in [-0.2, 0) is 10.0 Å². The fourth-order valence-electron chi connectivity index (χ4n) is 2.22. The van der Waals surface area contributed by atoms with Crippen molar-refractivity contribution >= 4 is 16.1 Å². The summed E-state index contributed by atoms with van der Waals surface area (Å²) in [6.07, 6.45) is 3.22. The van der Waals surface area contributed by atoms with Crippen LogP contribution in [0, 0.1) is 5.92 Å². The van der Waals surface area contributed by atoms with E-state index in [0.717, 1.165) is 19.4 Å². The monoisotopic (exact) mass is 306 g/mol. The molecule has 2 N–H and O–H groups in total. The van der Waals surface area contributed by atoms with E-state index in [1.807, 2.05) is 0 Å². The minimum absolute atomic E-state index is 0.104. The topological polar surface area (TPSA) is 81.8 Å². The van der Waals surface area contributed by atoms with E-state index in [9.17, 15) is 13.2 Å². The van der Waals surface area contributed by atoms with Gasteiger partial charge in [-0.2, -0.15) is 0 Å². The average molecular weight is 306 g/mol. The third-order valence-corrected chi connectivity index (χ3v) is 4.64. The molecule has 0 aromatic carbocycles. The third-order valence-electron chi connectivity index (χ3n) is 3.37. The predicted octanol–water partition coefficient (Wildman–Crippen LogP) is -0.481. The lowest BCUT2D eigenvalue weighted by molar-refractivity contribution is 0.217. The van der Waals surface area contributed by atoms with E-state index in [1.54, 1.807) is 18.4 Å². The van der Waals surface area contributed by atoms with Crippen LogP contribution in [0.15, 0.2) is 0 Å². The summed E-state index contributed by atoms with van der Waals surface area (Å²) in [5, 5.41) is 6.04. The molecule has 1 unspecified atom stereocenters. The van der Waals surface area contributed by atoms with Crippen LogP contribution in [0.2, 0.25) is 0 Å². The van der Waals surface area contributed by atoms with Gasteiger partial charge >= 0.3 is 6.03 Å². The fraction of sp³-hybridized carbons (Fsp3) is 0.917. The van der Waals surface area contributed by atoms with E-state index < -0.39 is 10.0 Å². The maximum absolute atomic E-state index is 11.5. The number of piperidine rings is 1. The van der Waals surface area contributed by atoms with Gasteiger partial charge in [-0.15, -0.1) is 0 Å². The molecule has 1 saturated heterocycles. The number of amides is 2. The molecule has 1 fully saturated rings. The molecule has 0 aliphatic carbocycles. The van der Waals surface area contributed by atoms with Crippen LogP contribution in [-0.4, -0.2) is 76.7 Å². The summed E-state index contributed by atoms with van der Waals surface area (Å²) in [4.78, 5) is 12.8. The first-order chi connectivity index (χ1) is 9.30. The minimum atomic E-state index is -3.07. The molecule has 2 amide bonds. The molecular weight excluding hydrogens is 280 g/mol. The van der Waals surface area contributed by atoms with Crippen molar-refractivity contribution < 1.29 is 13.2 Å². The highest BCUT2D eigenvalue weighted by Crippen LogP contribution is 2.17. The Bertz CT molecular complexity index is 411. The molecule has 1 aliphatic rings. The molecule has 20 heavy (non-hydrogen) atoms. The molecule has 0 saturated carbocycles. The van der Waals surface area contributed by atoms with Crippen LogP contribution in [0.4, 0.5) is 4.79 Å². The van der Waals surface area contributed by atoms with E-state index in [4.69, 9.17) is 0 Å². The van der Waals surface area contributed by atoms with Gasteiger partial charge in [0.15, 0.2) is 0 Å². The number of nitrogens with zero attached hydrogens (tertiary/aromatic N) is 2. The number of rotatable bonds is 6. The first-order valence-corrected chi connectivity index (χ1v) is 8.76. The summed E-state index contributed by atoms with van der Waals surface area (Å²) in [7, 11) is 0.326. The summed E-state index contributed by atoms with van der Waals surface area (Å²) >= 11 is 0. The van der Waals surface area contributed by atoms with Crippen LogP contribution in [0.1, 0.15) is 12.8 Å². The molecule has 8 heteroatoms. The molecule has 118 valence electrons. The molecule has 1 heterocycles. The van der Waals surface area contributed by atoms with Crippen molar-refractivity contribution in [2.45, 2.75) is 12.8 Å². The Morgan fingerprint density at radius 1 is 1.35 bits per heavy atom. The summed E-state index contributed by atoms with van der Waals surface area (Å²) in [6, 6.07) is -0.104. The number of carbonyl (C=O) groups excluding carboxylic acids is 1. The summed E-state index contributed by atoms with van der Waals surface area (Å²) in [6.45, 7) is 3.27. The Labute approximate surface area is 121 Å². The molecule has 0 bridgehead atoms. The van der Waals surface area contributed by atoms with Gasteiger partial charge in [-0.05, 0) is 25.3 Å². The van der Waals surface area contributed by atoms with Gasteiger partial charge in [-0.25, -0.2) is 17.5 Å². The predicted molar refractivity (Wildman–Crippen MR) is 79.1 cm³/mol. The van der Waals surface area contributed by atoms with E-state index in [0.29, 0.717) is 32.1 Å². The zero-order valence-electron chi connectivity index (χ0n) is 12.6. The smallest absolute Gasteiger partial charge is 0.316 e. The Hall–Kier alpha value is -0.860. The van der Waals surface area contributed by atoms with Crippen molar-refractivity contribution in [3.63, 3.8) is 0 Å². The number of urea groups is 1. The van der Waals surface area contributed by atoms with Crippen LogP contribution in [0.25, 0.3) is 0 Å². The van der Waals surface area contributed by atoms with Gasteiger partial charge in [0.2, 0.25) is 10.0 Å². The molecule has 0 spiro atoms. The number of sulfonamides is 1. The Kier molecular flexibility index (Phi) is 6.70. The molecule has 1 atom stereocenters. The highest BCUT2D eigenvalue weighted by Gasteiger charge is 2.25. The van der Waals surface area contributed by atoms with Gasteiger partial charge in [0.05, 0.1) is 6.26 Å².